The van der Waals surface area contributed by atoms with E-state index in [1.54, 1.807) is 0 Å². The number of hydrogen-bond acceptors (Lipinski definition) is 4. The summed E-state index contributed by atoms with van der Waals surface area (Å²) in [6.07, 6.45) is 3.78. The fraction of sp³-hybridized carbons (Fsp3) is 0.464. The SMILES string of the molecule is O=C(C1CCC(CN2C(=O)Cc3ccccc3C2=O)CC1)N1CCN(Cc2ccccc2)CC1. The second-order valence-electron chi connectivity index (χ2n) is 9.95. The molecule has 0 radical (unpaired) electrons. The maximum Gasteiger partial charge on any atom is 0.260 e. The Bertz CT molecular complexity index is 1040. The number of benzene rings is 2. The summed E-state index contributed by atoms with van der Waals surface area (Å²) in [6, 6.07) is 17.9. The predicted octanol–water partition coefficient (Wildman–Crippen LogP) is 3.36. The Morgan fingerprint density at radius 1 is 0.824 bits per heavy atom. The predicted molar refractivity (Wildman–Crippen MR) is 130 cm³/mol. The van der Waals surface area contributed by atoms with E-state index in [9.17, 15) is 14.4 Å². The number of hydrogen-bond donors (Lipinski definition) is 0. The summed E-state index contributed by atoms with van der Waals surface area (Å²) in [7, 11) is 0. The van der Waals surface area contributed by atoms with Gasteiger partial charge in [-0.15, -0.1) is 0 Å². The topological polar surface area (TPSA) is 60.9 Å². The number of carbonyl (C=O) groups excluding carboxylic acids is 3. The highest BCUT2D eigenvalue weighted by molar-refractivity contribution is 6.09. The van der Waals surface area contributed by atoms with Crippen molar-refractivity contribution >= 4 is 17.7 Å². The minimum atomic E-state index is -0.168. The molecule has 3 amide bonds. The molecule has 0 spiro atoms. The minimum absolute atomic E-state index is 0.0745. The zero-order chi connectivity index (χ0) is 23.5. The minimum Gasteiger partial charge on any atom is -0.340 e. The second kappa shape index (κ2) is 10.1. The normalized spacial score (nSPS) is 23.6. The number of rotatable bonds is 5. The third kappa shape index (κ3) is 4.92. The van der Waals surface area contributed by atoms with E-state index in [0.717, 1.165) is 64.0 Å². The highest BCUT2D eigenvalue weighted by atomic mass is 16.2. The van der Waals surface area contributed by atoms with Crippen LogP contribution in [0.4, 0.5) is 0 Å². The largest absolute Gasteiger partial charge is 0.340 e. The molecule has 2 aliphatic heterocycles. The fourth-order valence-corrected chi connectivity index (χ4v) is 5.66. The number of fused-ring (bicyclic) bond motifs is 1. The van der Waals surface area contributed by atoms with Crippen molar-refractivity contribution in [2.75, 3.05) is 32.7 Å². The van der Waals surface area contributed by atoms with Gasteiger partial charge in [-0.25, -0.2) is 0 Å². The van der Waals surface area contributed by atoms with Gasteiger partial charge in [0.15, 0.2) is 0 Å². The Kier molecular flexibility index (Phi) is 6.77. The van der Waals surface area contributed by atoms with Crippen LogP contribution in [0.25, 0.3) is 0 Å². The van der Waals surface area contributed by atoms with Crippen LogP contribution < -0.4 is 0 Å². The lowest BCUT2D eigenvalue weighted by molar-refractivity contribution is -0.139. The lowest BCUT2D eigenvalue weighted by Gasteiger charge is -2.38. The highest BCUT2D eigenvalue weighted by Gasteiger charge is 2.35. The molecule has 0 atom stereocenters. The maximum absolute atomic E-state index is 13.1. The first kappa shape index (κ1) is 22.8. The molecule has 1 aliphatic carbocycles. The Morgan fingerprint density at radius 2 is 1.50 bits per heavy atom. The van der Waals surface area contributed by atoms with Crippen LogP contribution in [-0.2, 0) is 22.6 Å². The van der Waals surface area contributed by atoms with E-state index in [1.165, 1.54) is 10.5 Å². The van der Waals surface area contributed by atoms with Crippen molar-refractivity contribution in [3.8, 4) is 0 Å². The van der Waals surface area contributed by atoms with E-state index in [-0.39, 0.29) is 29.6 Å². The van der Waals surface area contributed by atoms with Crippen molar-refractivity contribution < 1.29 is 14.4 Å². The Labute approximate surface area is 201 Å². The quantitative estimate of drug-likeness (QED) is 0.644. The van der Waals surface area contributed by atoms with Crippen molar-refractivity contribution in [3.63, 3.8) is 0 Å². The zero-order valence-corrected chi connectivity index (χ0v) is 19.7. The average Bonchev–Trinajstić information content (AvgIpc) is 2.88. The number of piperazine rings is 1. The number of carbonyl (C=O) groups is 3. The molecular weight excluding hydrogens is 426 g/mol. The molecule has 34 heavy (non-hydrogen) atoms. The van der Waals surface area contributed by atoms with E-state index in [2.05, 4.69) is 29.2 Å². The van der Waals surface area contributed by atoms with E-state index in [0.29, 0.717) is 18.5 Å². The molecule has 178 valence electrons. The number of amides is 3. The van der Waals surface area contributed by atoms with E-state index < -0.39 is 0 Å². The molecule has 2 fully saturated rings. The standard InChI is InChI=1S/C28H33N3O3/c32-26-18-24-8-4-5-9-25(24)28(34)31(26)20-22-10-12-23(13-11-22)27(33)30-16-14-29(15-17-30)19-21-6-2-1-3-7-21/h1-9,22-23H,10-20H2. The van der Waals surface area contributed by atoms with Gasteiger partial charge >= 0.3 is 0 Å². The van der Waals surface area contributed by atoms with Gasteiger partial charge in [-0.2, -0.15) is 0 Å². The van der Waals surface area contributed by atoms with Gasteiger partial charge in [0.2, 0.25) is 11.8 Å². The first-order valence-electron chi connectivity index (χ1n) is 12.6. The Hall–Kier alpha value is -2.99. The molecule has 2 heterocycles. The van der Waals surface area contributed by atoms with Crippen LogP contribution in [0, 0.1) is 11.8 Å². The molecule has 0 unspecified atom stereocenters. The van der Waals surface area contributed by atoms with Crippen LogP contribution in [0.5, 0.6) is 0 Å². The third-order valence-electron chi connectivity index (χ3n) is 7.71. The molecular formula is C28H33N3O3. The Morgan fingerprint density at radius 3 is 2.24 bits per heavy atom. The van der Waals surface area contributed by atoms with Gasteiger partial charge in [-0.1, -0.05) is 48.5 Å². The molecule has 5 rings (SSSR count). The molecule has 6 nitrogen and oxygen atoms in total. The first-order chi connectivity index (χ1) is 16.6. The summed E-state index contributed by atoms with van der Waals surface area (Å²) in [5, 5.41) is 0. The van der Waals surface area contributed by atoms with Crippen LogP contribution in [0.3, 0.4) is 0 Å². The van der Waals surface area contributed by atoms with Crippen LogP contribution in [0.1, 0.15) is 47.2 Å². The first-order valence-corrected chi connectivity index (χ1v) is 12.6. The zero-order valence-electron chi connectivity index (χ0n) is 19.7. The van der Waals surface area contributed by atoms with E-state index >= 15 is 0 Å². The second-order valence-corrected chi connectivity index (χ2v) is 9.95. The molecule has 0 aromatic heterocycles. The summed E-state index contributed by atoms with van der Waals surface area (Å²) in [5.74, 6) is 0.376. The summed E-state index contributed by atoms with van der Waals surface area (Å²) >= 11 is 0. The lowest BCUT2D eigenvalue weighted by Crippen LogP contribution is -2.50. The fourth-order valence-electron chi connectivity index (χ4n) is 5.66. The molecule has 0 bridgehead atoms. The van der Waals surface area contributed by atoms with Crippen molar-refractivity contribution in [1.82, 2.24) is 14.7 Å². The summed E-state index contributed by atoms with van der Waals surface area (Å²) in [5.41, 5.74) is 2.79. The molecule has 2 aromatic rings. The number of nitrogens with zero attached hydrogens (tertiary/aromatic N) is 3. The van der Waals surface area contributed by atoms with Crippen LogP contribution in [0.15, 0.2) is 54.6 Å². The summed E-state index contributed by atoms with van der Waals surface area (Å²) in [4.78, 5) is 44.5. The summed E-state index contributed by atoms with van der Waals surface area (Å²) < 4.78 is 0. The van der Waals surface area contributed by atoms with Crippen molar-refractivity contribution in [3.05, 3.63) is 71.3 Å². The monoisotopic (exact) mass is 459 g/mol. The summed E-state index contributed by atoms with van der Waals surface area (Å²) in [6.45, 7) is 4.83. The lowest BCUT2D eigenvalue weighted by atomic mass is 9.80. The van der Waals surface area contributed by atoms with Crippen molar-refractivity contribution in [2.24, 2.45) is 11.8 Å². The van der Waals surface area contributed by atoms with Gasteiger partial charge in [0.25, 0.3) is 5.91 Å². The average molecular weight is 460 g/mol. The van der Waals surface area contributed by atoms with Gasteiger partial charge in [0.1, 0.15) is 0 Å². The molecule has 3 aliphatic rings. The highest BCUT2D eigenvalue weighted by Crippen LogP contribution is 2.32. The van der Waals surface area contributed by atoms with Gasteiger partial charge in [0.05, 0.1) is 6.42 Å². The van der Waals surface area contributed by atoms with Crippen LogP contribution in [0.2, 0.25) is 0 Å². The van der Waals surface area contributed by atoms with Gasteiger partial charge in [-0.05, 0) is 48.8 Å². The molecule has 0 N–H and O–H groups in total. The van der Waals surface area contributed by atoms with E-state index in [4.69, 9.17) is 0 Å². The molecule has 2 aromatic carbocycles. The smallest absolute Gasteiger partial charge is 0.260 e. The Balaban J connectivity index is 1.09. The number of imide groups is 1. The van der Waals surface area contributed by atoms with Crippen LogP contribution >= 0.6 is 0 Å². The van der Waals surface area contributed by atoms with Gasteiger partial charge in [0, 0.05) is 50.7 Å². The molecule has 1 saturated carbocycles. The molecule has 6 heteroatoms. The van der Waals surface area contributed by atoms with Crippen molar-refractivity contribution in [1.29, 1.82) is 0 Å². The van der Waals surface area contributed by atoms with Gasteiger partial charge in [-0.3, -0.25) is 24.2 Å². The van der Waals surface area contributed by atoms with E-state index in [1.807, 2.05) is 35.2 Å². The maximum atomic E-state index is 13.1. The van der Waals surface area contributed by atoms with Gasteiger partial charge < -0.3 is 4.90 Å². The van der Waals surface area contributed by atoms with Crippen molar-refractivity contribution in [2.45, 2.75) is 38.6 Å². The molecule has 1 saturated heterocycles. The third-order valence-corrected chi connectivity index (χ3v) is 7.71. The van der Waals surface area contributed by atoms with Crippen LogP contribution in [-0.4, -0.2) is 65.1 Å².